The third kappa shape index (κ3) is 5.38. The Bertz CT molecular complexity index is 1130. The van der Waals surface area contributed by atoms with E-state index < -0.39 is 17.5 Å². The van der Waals surface area contributed by atoms with Gasteiger partial charge in [-0.1, -0.05) is 6.07 Å². The Morgan fingerprint density at radius 2 is 2.00 bits per heavy atom. The van der Waals surface area contributed by atoms with Gasteiger partial charge in [0.15, 0.2) is 28.8 Å². The number of anilines is 2. The molecule has 0 spiro atoms. The van der Waals surface area contributed by atoms with Gasteiger partial charge in [-0.15, -0.1) is 0 Å². The van der Waals surface area contributed by atoms with Gasteiger partial charge in [0.25, 0.3) is 5.91 Å². The molecule has 1 amide bonds. The molecule has 0 aliphatic carbocycles. The van der Waals surface area contributed by atoms with Crippen molar-refractivity contribution in [1.82, 2.24) is 20.3 Å². The van der Waals surface area contributed by atoms with Crippen LogP contribution in [0.3, 0.4) is 0 Å². The van der Waals surface area contributed by atoms with Crippen LogP contribution in [-0.4, -0.2) is 33.9 Å². The molecule has 1 aromatic carbocycles. The normalized spacial score (nSPS) is 10.4. The summed E-state index contributed by atoms with van der Waals surface area (Å²) in [6, 6.07) is 9.03. The van der Waals surface area contributed by atoms with E-state index >= 15 is 0 Å². The Morgan fingerprint density at radius 1 is 1.19 bits per heavy atom. The van der Waals surface area contributed by atoms with Crippen LogP contribution in [-0.2, 0) is 6.42 Å². The summed E-state index contributed by atoms with van der Waals surface area (Å²) < 4.78 is 27.1. The minimum Gasteiger partial charge on any atom is -0.350 e. The fourth-order valence-corrected chi connectivity index (χ4v) is 3.10. The Balaban J connectivity index is 1.82. The van der Waals surface area contributed by atoms with E-state index in [9.17, 15) is 18.8 Å². The lowest BCUT2D eigenvalue weighted by atomic mass is 10.1. The first kappa shape index (κ1) is 22.2. The summed E-state index contributed by atoms with van der Waals surface area (Å²) in [4.78, 5) is 27.2. The van der Waals surface area contributed by atoms with Gasteiger partial charge in [0, 0.05) is 13.1 Å². The lowest BCUT2D eigenvalue weighted by Gasteiger charge is -2.23. The van der Waals surface area contributed by atoms with E-state index in [1.54, 1.807) is 17.2 Å². The predicted molar refractivity (Wildman–Crippen MR) is 114 cm³/mol. The van der Waals surface area contributed by atoms with Crippen LogP contribution in [0.2, 0.25) is 0 Å². The van der Waals surface area contributed by atoms with Gasteiger partial charge < -0.3 is 10.2 Å². The standard InChI is InChI=1S/C21H17BrF2N6O/c1-2-30(15-4-6-18(22)27-12-15)20-19(29-14(10-25)11-28-20)21(31)26-8-7-13-3-5-16(23)17(24)9-13/h3-6,9,11-12H,2,7-8H2,1H3,(H,26,31). The van der Waals surface area contributed by atoms with Crippen molar-refractivity contribution in [2.75, 3.05) is 18.0 Å². The number of pyridine rings is 1. The number of aromatic nitrogens is 3. The molecule has 1 N–H and O–H groups in total. The summed E-state index contributed by atoms with van der Waals surface area (Å²) in [5.41, 5.74) is 1.21. The maximum atomic E-state index is 13.4. The second-order valence-corrected chi connectivity index (χ2v) is 7.19. The number of nitrogens with zero attached hydrogens (tertiary/aromatic N) is 5. The molecule has 3 aromatic rings. The van der Waals surface area contributed by atoms with Crippen molar-refractivity contribution in [3.05, 3.63) is 75.9 Å². The number of hydrogen-bond acceptors (Lipinski definition) is 6. The van der Waals surface area contributed by atoms with Crippen LogP contribution in [0.25, 0.3) is 0 Å². The lowest BCUT2D eigenvalue weighted by Crippen LogP contribution is -2.30. The van der Waals surface area contributed by atoms with Crippen molar-refractivity contribution in [2.45, 2.75) is 13.3 Å². The Kier molecular flexibility index (Phi) is 7.20. The number of halogens is 3. The first-order valence-electron chi connectivity index (χ1n) is 9.31. The van der Waals surface area contributed by atoms with Crippen LogP contribution in [0, 0.1) is 23.0 Å². The molecule has 0 atom stereocenters. The average molecular weight is 487 g/mol. The van der Waals surface area contributed by atoms with Crippen LogP contribution in [0.15, 0.2) is 47.3 Å². The van der Waals surface area contributed by atoms with E-state index in [4.69, 9.17) is 0 Å². The lowest BCUT2D eigenvalue weighted by molar-refractivity contribution is 0.0949. The molecule has 3 rings (SSSR count). The minimum atomic E-state index is -0.944. The van der Waals surface area contributed by atoms with Crippen LogP contribution in [0.4, 0.5) is 20.3 Å². The highest BCUT2D eigenvalue weighted by Crippen LogP contribution is 2.26. The molecule has 31 heavy (non-hydrogen) atoms. The van der Waals surface area contributed by atoms with Crippen LogP contribution < -0.4 is 10.2 Å². The average Bonchev–Trinajstić information content (AvgIpc) is 2.78. The van der Waals surface area contributed by atoms with E-state index in [0.29, 0.717) is 22.4 Å². The fourth-order valence-electron chi connectivity index (χ4n) is 2.87. The molecule has 0 bridgehead atoms. The number of carbonyl (C=O) groups is 1. The first-order chi connectivity index (χ1) is 14.9. The third-order valence-corrected chi connectivity index (χ3v) is 4.83. The summed E-state index contributed by atoms with van der Waals surface area (Å²) >= 11 is 3.28. The molecule has 2 aromatic heterocycles. The van der Waals surface area contributed by atoms with Gasteiger partial charge in [-0.2, -0.15) is 5.26 Å². The zero-order valence-electron chi connectivity index (χ0n) is 16.4. The highest BCUT2D eigenvalue weighted by Gasteiger charge is 2.21. The summed E-state index contributed by atoms with van der Waals surface area (Å²) in [6.45, 7) is 2.51. The predicted octanol–water partition coefficient (Wildman–Crippen LogP) is 3.91. The quantitative estimate of drug-likeness (QED) is 0.508. The number of nitriles is 1. The van der Waals surface area contributed by atoms with E-state index in [2.05, 4.69) is 36.2 Å². The number of nitrogens with one attached hydrogen (secondary N) is 1. The van der Waals surface area contributed by atoms with Crippen LogP contribution in [0.5, 0.6) is 0 Å². The topological polar surface area (TPSA) is 94.8 Å². The molecule has 0 aliphatic rings. The second-order valence-electron chi connectivity index (χ2n) is 6.38. The highest BCUT2D eigenvalue weighted by molar-refractivity contribution is 9.10. The highest BCUT2D eigenvalue weighted by atomic mass is 79.9. The van der Waals surface area contributed by atoms with Gasteiger partial charge in [0.05, 0.1) is 18.1 Å². The van der Waals surface area contributed by atoms with E-state index in [1.165, 1.54) is 12.3 Å². The second kappa shape index (κ2) is 10.0. The Hall–Kier alpha value is -3.45. The number of hydrogen-bond donors (Lipinski definition) is 1. The molecule has 0 aliphatic heterocycles. The van der Waals surface area contributed by atoms with Crippen molar-refractivity contribution in [1.29, 1.82) is 5.26 Å². The number of rotatable bonds is 7. The minimum absolute atomic E-state index is 0.000472. The molecule has 0 radical (unpaired) electrons. The number of amides is 1. The zero-order valence-corrected chi connectivity index (χ0v) is 18.0. The van der Waals surface area contributed by atoms with Crippen molar-refractivity contribution >= 4 is 33.3 Å². The Morgan fingerprint density at radius 3 is 2.65 bits per heavy atom. The molecule has 0 unspecified atom stereocenters. The maximum absolute atomic E-state index is 13.4. The van der Waals surface area contributed by atoms with Gasteiger partial charge in [-0.05, 0) is 59.1 Å². The van der Waals surface area contributed by atoms with Gasteiger partial charge in [-0.3, -0.25) is 4.79 Å². The first-order valence-corrected chi connectivity index (χ1v) is 10.1. The van der Waals surface area contributed by atoms with Gasteiger partial charge in [0.1, 0.15) is 10.7 Å². The van der Waals surface area contributed by atoms with Crippen LogP contribution >= 0.6 is 15.9 Å². The van der Waals surface area contributed by atoms with Crippen molar-refractivity contribution in [3.63, 3.8) is 0 Å². The molecule has 2 heterocycles. The van der Waals surface area contributed by atoms with Crippen molar-refractivity contribution in [3.8, 4) is 6.07 Å². The van der Waals surface area contributed by atoms with E-state index in [1.807, 2.05) is 19.1 Å². The molecular formula is C21H17BrF2N6O. The largest absolute Gasteiger partial charge is 0.350 e. The zero-order chi connectivity index (χ0) is 22.4. The molecular weight excluding hydrogens is 470 g/mol. The van der Waals surface area contributed by atoms with E-state index in [0.717, 1.165) is 12.1 Å². The third-order valence-electron chi connectivity index (χ3n) is 4.36. The van der Waals surface area contributed by atoms with Gasteiger partial charge >= 0.3 is 0 Å². The maximum Gasteiger partial charge on any atom is 0.273 e. The number of benzene rings is 1. The SMILES string of the molecule is CCN(c1ccc(Br)nc1)c1ncc(C#N)nc1C(=O)NCCc1ccc(F)c(F)c1. The molecule has 0 saturated heterocycles. The summed E-state index contributed by atoms with van der Waals surface area (Å²) in [5, 5.41) is 11.9. The summed E-state index contributed by atoms with van der Waals surface area (Å²) in [7, 11) is 0. The molecule has 7 nitrogen and oxygen atoms in total. The van der Waals surface area contributed by atoms with Gasteiger partial charge in [-0.25, -0.2) is 23.7 Å². The number of carbonyl (C=O) groups excluding carboxylic acids is 1. The van der Waals surface area contributed by atoms with Crippen molar-refractivity contribution < 1.29 is 13.6 Å². The summed E-state index contributed by atoms with van der Waals surface area (Å²) in [5.74, 6) is -2.13. The molecule has 158 valence electrons. The van der Waals surface area contributed by atoms with E-state index in [-0.39, 0.29) is 30.2 Å². The molecule has 10 heteroatoms. The van der Waals surface area contributed by atoms with Crippen molar-refractivity contribution in [2.24, 2.45) is 0 Å². The smallest absolute Gasteiger partial charge is 0.273 e. The summed E-state index contributed by atoms with van der Waals surface area (Å²) in [6.07, 6.45) is 3.21. The van der Waals surface area contributed by atoms with Gasteiger partial charge in [0.2, 0.25) is 0 Å². The monoisotopic (exact) mass is 486 g/mol. The van der Waals surface area contributed by atoms with Crippen LogP contribution in [0.1, 0.15) is 28.7 Å². The molecule has 0 saturated carbocycles. The fraction of sp³-hybridized carbons (Fsp3) is 0.190. The molecule has 0 fully saturated rings. The Labute approximate surface area is 185 Å².